The number of rotatable bonds is 1. The number of nitrogens with zero attached hydrogens (tertiary/aromatic N) is 2. The Balaban J connectivity index is 1.79. The van der Waals surface area contributed by atoms with Gasteiger partial charge in [0.05, 0.1) is 34.8 Å². The van der Waals surface area contributed by atoms with Crippen LogP contribution in [0.1, 0.15) is 25.8 Å². The number of anilines is 1. The second-order valence-electron chi connectivity index (χ2n) is 7.06. The molecule has 0 radical (unpaired) electrons. The van der Waals surface area contributed by atoms with Crippen molar-refractivity contribution in [1.29, 1.82) is 5.26 Å². The fourth-order valence-electron chi connectivity index (χ4n) is 4.51. The van der Waals surface area contributed by atoms with Crippen LogP contribution in [0.4, 0.5) is 5.69 Å². The first kappa shape index (κ1) is 16.0. The maximum atomic E-state index is 13.0. The highest BCUT2D eigenvalue weighted by molar-refractivity contribution is 14.1. The molecule has 0 aliphatic carbocycles. The lowest BCUT2D eigenvalue weighted by Gasteiger charge is -2.31. The number of hydrogen-bond acceptors (Lipinski definition) is 5. The standard InChI is InChI=1S/C17H15IN2O4/c1-16-6-11(21)17(2,24-16)13-12(16)14(22)20(15(13)23)9-4-3-8(7-19)10(18)5-9/h3-5,11-13,21H,6H2,1-2H3/t11-,12-,13+,16+,17+/m1/s1. The molecule has 0 unspecified atom stereocenters. The van der Waals surface area contributed by atoms with E-state index in [9.17, 15) is 14.7 Å². The predicted octanol–water partition coefficient (Wildman–Crippen LogP) is 1.58. The summed E-state index contributed by atoms with van der Waals surface area (Å²) in [7, 11) is 0. The van der Waals surface area contributed by atoms with Crippen LogP contribution in [0.15, 0.2) is 18.2 Å². The predicted molar refractivity (Wildman–Crippen MR) is 91.9 cm³/mol. The van der Waals surface area contributed by atoms with E-state index < -0.39 is 29.1 Å². The Bertz CT molecular complexity index is 834. The lowest BCUT2D eigenvalue weighted by Crippen LogP contribution is -2.49. The summed E-state index contributed by atoms with van der Waals surface area (Å²) in [6, 6.07) is 6.95. The van der Waals surface area contributed by atoms with Crippen molar-refractivity contribution < 1.29 is 19.4 Å². The summed E-state index contributed by atoms with van der Waals surface area (Å²) in [5.41, 5.74) is -0.888. The number of amides is 2. The molecule has 6 nitrogen and oxygen atoms in total. The number of fused-ring (bicyclic) bond motifs is 5. The number of carbonyl (C=O) groups is 2. The van der Waals surface area contributed by atoms with Gasteiger partial charge in [-0.2, -0.15) is 5.26 Å². The van der Waals surface area contributed by atoms with Gasteiger partial charge in [0.1, 0.15) is 11.7 Å². The number of imide groups is 1. The van der Waals surface area contributed by atoms with Gasteiger partial charge in [-0.1, -0.05) is 0 Å². The van der Waals surface area contributed by atoms with Crippen LogP contribution >= 0.6 is 22.6 Å². The molecule has 1 aromatic rings. The van der Waals surface area contributed by atoms with Crippen LogP contribution in [-0.4, -0.2) is 34.2 Å². The second kappa shape index (κ2) is 4.77. The molecule has 0 spiro atoms. The lowest BCUT2D eigenvalue weighted by atomic mass is 9.67. The summed E-state index contributed by atoms with van der Waals surface area (Å²) in [4.78, 5) is 27.2. The van der Waals surface area contributed by atoms with E-state index in [4.69, 9.17) is 10.00 Å². The maximum Gasteiger partial charge on any atom is 0.240 e. The zero-order chi connectivity index (χ0) is 17.4. The van der Waals surface area contributed by atoms with Gasteiger partial charge in [0, 0.05) is 9.99 Å². The minimum Gasteiger partial charge on any atom is -0.390 e. The molecule has 7 heteroatoms. The van der Waals surface area contributed by atoms with Gasteiger partial charge < -0.3 is 9.84 Å². The summed E-state index contributed by atoms with van der Waals surface area (Å²) in [5, 5.41) is 19.4. The molecular formula is C17H15IN2O4. The third-order valence-electron chi connectivity index (χ3n) is 5.63. The molecule has 5 atom stereocenters. The summed E-state index contributed by atoms with van der Waals surface area (Å²) in [5.74, 6) is -1.88. The number of benzene rings is 1. The Morgan fingerprint density at radius 2 is 2.00 bits per heavy atom. The van der Waals surface area contributed by atoms with Crippen LogP contribution in [-0.2, 0) is 14.3 Å². The molecule has 2 bridgehead atoms. The van der Waals surface area contributed by atoms with Gasteiger partial charge in [0.15, 0.2) is 0 Å². The first-order valence-electron chi connectivity index (χ1n) is 7.68. The molecule has 3 fully saturated rings. The third-order valence-corrected chi connectivity index (χ3v) is 6.52. The van der Waals surface area contributed by atoms with Crippen LogP contribution in [0.25, 0.3) is 0 Å². The quantitative estimate of drug-likeness (QED) is 0.531. The first-order valence-corrected chi connectivity index (χ1v) is 8.76. The van der Waals surface area contributed by atoms with Gasteiger partial charge in [-0.05, 0) is 54.6 Å². The number of halogens is 1. The summed E-state index contributed by atoms with van der Waals surface area (Å²) >= 11 is 2.01. The highest BCUT2D eigenvalue weighted by atomic mass is 127. The van der Waals surface area contributed by atoms with Crippen LogP contribution in [0, 0.1) is 26.7 Å². The fraction of sp³-hybridized carbons (Fsp3) is 0.471. The van der Waals surface area contributed by atoms with E-state index in [0.29, 0.717) is 21.2 Å². The van der Waals surface area contributed by atoms with Crippen molar-refractivity contribution in [3.8, 4) is 6.07 Å². The molecule has 4 rings (SSSR count). The number of hydrogen-bond donors (Lipinski definition) is 1. The van der Waals surface area contributed by atoms with Crippen molar-refractivity contribution in [2.75, 3.05) is 4.90 Å². The minimum absolute atomic E-state index is 0.288. The normalized spacial score (nSPS) is 40.1. The van der Waals surface area contributed by atoms with Crippen molar-refractivity contribution in [3.05, 3.63) is 27.3 Å². The molecule has 3 aliphatic rings. The minimum atomic E-state index is -1.03. The molecule has 0 saturated carbocycles. The third kappa shape index (κ3) is 1.76. The van der Waals surface area contributed by atoms with Gasteiger partial charge >= 0.3 is 0 Å². The van der Waals surface area contributed by atoms with E-state index in [2.05, 4.69) is 6.07 Å². The van der Waals surface area contributed by atoms with E-state index in [0.717, 1.165) is 0 Å². The highest BCUT2D eigenvalue weighted by Gasteiger charge is 2.75. The topological polar surface area (TPSA) is 90.6 Å². The van der Waals surface area contributed by atoms with Gasteiger partial charge in [-0.25, -0.2) is 4.90 Å². The second-order valence-corrected chi connectivity index (χ2v) is 8.22. The van der Waals surface area contributed by atoms with Crippen LogP contribution < -0.4 is 4.90 Å². The molecule has 24 heavy (non-hydrogen) atoms. The molecule has 0 aromatic heterocycles. The van der Waals surface area contributed by atoms with E-state index in [1.54, 1.807) is 32.0 Å². The highest BCUT2D eigenvalue weighted by Crippen LogP contribution is 2.60. The molecule has 124 valence electrons. The summed E-state index contributed by atoms with van der Waals surface area (Å²) in [6.07, 6.45) is -0.413. The van der Waals surface area contributed by atoms with Crippen molar-refractivity contribution >= 4 is 40.1 Å². The van der Waals surface area contributed by atoms with Crippen LogP contribution in [0.3, 0.4) is 0 Å². The Kier molecular flexibility index (Phi) is 3.18. The molecule has 3 saturated heterocycles. The summed E-state index contributed by atoms with van der Waals surface area (Å²) in [6.45, 7) is 3.51. The Morgan fingerprint density at radius 3 is 2.62 bits per heavy atom. The number of carbonyl (C=O) groups excluding carboxylic acids is 2. The van der Waals surface area contributed by atoms with Gasteiger partial charge in [0.2, 0.25) is 11.8 Å². The van der Waals surface area contributed by atoms with Crippen molar-refractivity contribution in [2.45, 2.75) is 37.6 Å². The Morgan fingerprint density at radius 1 is 1.33 bits per heavy atom. The number of aliphatic hydroxyl groups is 1. The molecule has 3 heterocycles. The Labute approximate surface area is 152 Å². The molecule has 1 N–H and O–H groups in total. The van der Waals surface area contributed by atoms with Gasteiger partial charge in [0.25, 0.3) is 0 Å². The van der Waals surface area contributed by atoms with E-state index in [1.165, 1.54) is 4.90 Å². The Hall–Kier alpha value is -1.50. The molecule has 2 amide bonds. The average Bonchev–Trinajstić information content (AvgIpc) is 3.01. The van der Waals surface area contributed by atoms with Gasteiger partial charge in [-0.15, -0.1) is 0 Å². The fourth-order valence-corrected chi connectivity index (χ4v) is 5.13. The average molecular weight is 438 g/mol. The van der Waals surface area contributed by atoms with E-state index >= 15 is 0 Å². The molecule has 3 aliphatic heterocycles. The number of aliphatic hydroxyl groups excluding tert-OH is 1. The van der Waals surface area contributed by atoms with Crippen molar-refractivity contribution in [3.63, 3.8) is 0 Å². The largest absolute Gasteiger partial charge is 0.390 e. The van der Waals surface area contributed by atoms with Crippen LogP contribution in [0.2, 0.25) is 0 Å². The monoisotopic (exact) mass is 438 g/mol. The SMILES string of the molecule is C[C@]12O[C@@](C)(C[C@H]1O)[C@H]1C(=O)N(c3ccc(C#N)c(I)c3)C(=O)[C@H]12. The number of ether oxygens (including phenoxy) is 1. The zero-order valence-corrected chi connectivity index (χ0v) is 15.3. The van der Waals surface area contributed by atoms with Crippen molar-refractivity contribution in [2.24, 2.45) is 11.8 Å². The van der Waals surface area contributed by atoms with Crippen molar-refractivity contribution in [1.82, 2.24) is 0 Å². The van der Waals surface area contributed by atoms with Gasteiger partial charge in [-0.3, -0.25) is 9.59 Å². The van der Waals surface area contributed by atoms with E-state index in [1.807, 2.05) is 22.6 Å². The molecular weight excluding hydrogens is 423 g/mol. The summed E-state index contributed by atoms with van der Waals surface area (Å²) < 4.78 is 6.63. The first-order chi connectivity index (χ1) is 11.2. The number of nitriles is 1. The molecule has 1 aromatic carbocycles. The van der Waals surface area contributed by atoms with E-state index in [-0.39, 0.29) is 11.8 Å². The smallest absolute Gasteiger partial charge is 0.240 e. The lowest BCUT2D eigenvalue weighted by molar-refractivity contribution is -0.132. The van der Waals surface area contributed by atoms with Crippen LogP contribution in [0.5, 0.6) is 0 Å². The maximum absolute atomic E-state index is 13.0. The zero-order valence-electron chi connectivity index (χ0n) is 13.1.